The van der Waals surface area contributed by atoms with E-state index in [0.717, 1.165) is 12.1 Å². The number of ether oxygens (including phenoxy) is 4. The van der Waals surface area contributed by atoms with Crippen molar-refractivity contribution in [1.29, 1.82) is 0 Å². The molecule has 3 aromatic rings. The van der Waals surface area contributed by atoms with Crippen LogP contribution in [0.25, 0.3) is 0 Å². The SMILES string of the molecule is COc1ccc(S(=O)(=O)Nc2cc(C(F)(F)F)ccc2Oc2ccccc2OC)cc1OC. The molecule has 1 N–H and O–H groups in total. The first-order chi connectivity index (χ1) is 15.6. The highest BCUT2D eigenvalue weighted by molar-refractivity contribution is 7.92. The van der Waals surface area contributed by atoms with Crippen LogP contribution in [0.3, 0.4) is 0 Å². The molecule has 3 aromatic carbocycles. The smallest absolute Gasteiger partial charge is 0.416 e. The summed E-state index contributed by atoms with van der Waals surface area (Å²) in [6, 6.07) is 12.7. The van der Waals surface area contributed by atoms with Gasteiger partial charge in [-0.15, -0.1) is 0 Å². The molecule has 0 aliphatic heterocycles. The van der Waals surface area contributed by atoms with Crippen molar-refractivity contribution in [3.05, 3.63) is 66.2 Å². The molecule has 0 radical (unpaired) electrons. The van der Waals surface area contributed by atoms with Gasteiger partial charge < -0.3 is 18.9 Å². The molecule has 7 nitrogen and oxygen atoms in total. The summed E-state index contributed by atoms with van der Waals surface area (Å²) >= 11 is 0. The Kier molecular flexibility index (Phi) is 6.92. The van der Waals surface area contributed by atoms with Gasteiger partial charge in [-0.2, -0.15) is 13.2 Å². The monoisotopic (exact) mass is 483 g/mol. The quantitative estimate of drug-likeness (QED) is 0.467. The lowest BCUT2D eigenvalue weighted by Crippen LogP contribution is -2.15. The van der Waals surface area contributed by atoms with Crippen molar-refractivity contribution >= 4 is 15.7 Å². The molecule has 0 aliphatic rings. The first kappa shape index (κ1) is 24.1. The lowest BCUT2D eigenvalue weighted by atomic mass is 10.2. The number of anilines is 1. The molecule has 3 rings (SSSR count). The van der Waals surface area contributed by atoms with Crippen molar-refractivity contribution in [2.24, 2.45) is 0 Å². The second-order valence-electron chi connectivity index (χ2n) is 6.58. The Labute approximate surface area is 188 Å². The summed E-state index contributed by atoms with van der Waals surface area (Å²) in [6.45, 7) is 0. The molecular weight excluding hydrogens is 463 g/mol. The number of hydrogen-bond acceptors (Lipinski definition) is 6. The maximum Gasteiger partial charge on any atom is 0.416 e. The number of methoxy groups -OCH3 is 3. The van der Waals surface area contributed by atoms with Gasteiger partial charge in [-0.05, 0) is 42.5 Å². The standard InChI is InChI=1S/C22H20F3NO6S/c1-29-18-6-4-5-7-20(18)32-17-10-8-14(22(23,24)25)12-16(17)26-33(27,28)15-9-11-19(30-2)21(13-15)31-3/h4-13,26H,1-3H3. The first-order valence-corrected chi connectivity index (χ1v) is 10.8. The number of sulfonamides is 1. The van der Waals surface area contributed by atoms with Gasteiger partial charge in [0.15, 0.2) is 28.7 Å². The van der Waals surface area contributed by atoms with Crippen LogP contribution in [0.5, 0.6) is 28.7 Å². The molecular formula is C22H20F3NO6S. The second kappa shape index (κ2) is 9.49. The maximum absolute atomic E-state index is 13.3. The molecule has 176 valence electrons. The lowest BCUT2D eigenvalue weighted by molar-refractivity contribution is -0.137. The molecule has 0 aromatic heterocycles. The Balaban J connectivity index is 2.06. The van der Waals surface area contributed by atoms with E-state index in [1.54, 1.807) is 18.2 Å². The van der Waals surface area contributed by atoms with Gasteiger partial charge >= 0.3 is 6.18 Å². The number of alkyl halides is 3. The highest BCUT2D eigenvalue weighted by Crippen LogP contribution is 2.40. The third-order valence-corrected chi connectivity index (χ3v) is 5.87. The van der Waals surface area contributed by atoms with E-state index in [2.05, 4.69) is 4.72 Å². The van der Waals surface area contributed by atoms with E-state index in [4.69, 9.17) is 18.9 Å². The number of benzene rings is 3. The van der Waals surface area contributed by atoms with Gasteiger partial charge in [0.05, 0.1) is 37.5 Å². The van der Waals surface area contributed by atoms with E-state index in [-0.39, 0.29) is 27.9 Å². The van der Waals surface area contributed by atoms with Gasteiger partial charge in [0, 0.05) is 6.07 Å². The lowest BCUT2D eigenvalue weighted by Gasteiger charge is -2.17. The summed E-state index contributed by atoms with van der Waals surface area (Å²) in [5, 5.41) is 0. The zero-order valence-electron chi connectivity index (χ0n) is 17.8. The summed E-state index contributed by atoms with van der Waals surface area (Å²) in [7, 11) is -0.219. The van der Waals surface area contributed by atoms with Crippen LogP contribution >= 0.6 is 0 Å². The highest BCUT2D eigenvalue weighted by atomic mass is 32.2. The molecule has 0 saturated heterocycles. The van der Waals surface area contributed by atoms with Crippen molar-refractivity contribution in [2.75, 3.05) is 26.1 Å². The van der Waals surface area contributed by atoms with Crippen LogP contribution in [0.4, 0.5) is 18.9 Å². The van der Waals surface area contributed by atoms with E-state index in [1.165, 1.54) is 45.6 Å². The van der Waals surface area contributed by atoms with Crippen molar-refractivity contribution in [3.63, 3.8) is 0 Å². The Hall–Kier alpha value is -3.60. The Morgan fingerprint density at radius 2 is 1.30 bits per heavy atom. The van der Waals surface area contributed by atoms with Crippen LogP contribution in [-0.2, 0) is 16.2 Å². The van der Waals surface area contributed by atoms with Gasteiger partial charge in [0.25, 0.3) is 10.0 Å². The molecule has 0 heterocycles. The summed E-state index contributed by atoms with van der Waals surface area (Å²) in [5.74, 6) is 0.764. The normalized spacial score (nSPS) is 11.6. The summed E-state index contributed by atoms with van der Waals surface area (Å²) in [6.07, 6.45) is -4.70. The Morgan fingerprint density at radius 3 is 1.91 bits per heavy atom. The number of para-hydroxylation sites is 2. The highest BCUT2D eigenvalue weighted by Gasteiger charge is 2.32. The van der Waals surface area contributed by atoms with Crippen molar-refractivity contribution in [2.45, 2.75) is 11.1 Å². The molecule has 0 unspecified atom stereocenters. The van der Waals surface area contributed by atoms with E-state index >= 15 is 0 Å². The molecule has 0 atom stereocenters. The minimum atomic E-state index is -4.70. The molecule has 11 heteroatoms. The second-order valence-corrected chi connectivity index (χ2v) is 8.27. The number of nitrogens with one attached hydrogen (secondary N) is 1. The summed E-state index contributed by atoms with van der Waals surface area (Å²) in [4.78, 5) is -0.249. The van der Waals surface area contributed by atoms with Gasteiger partial charge in [-0.25, -0.2) is 8.42 Å². The molecule has 0 spiro atoms. The van der Waals surface area contributed by atoms with Crippen LogP contribution in [0.2, 0.25) is 0 Å². The minimum absolute atomic E-state index is 0.134. The zero-order chi connectivity index (χ0) is 24.2. The number of hydrogen-bond donors (Lipinski definition) is 1. The van der Waals surface area contributed by atoms with Crippen LogP contribution in [0.1, 0.15) is 5.56 Å². The fourth-order valence-corrected chi connectivity index (χ4v) is 3.96. The predicted octanol–water partition coefficient (Wildman–Crippen LogP) is 5.32. The molecule has 0 fully saturated rings. The fourth-order valence-electron chi connectivity index (χ4n) is 2.88. The Morgan fingerprint density at radius 1 is 0.727 bits per heavy atom. The van der Waals surface area contributed by atoms with Gasteiger partial charge in [-0.1, -0.05) is 12.1 Å². The van der Waals surface area contributed by atoms with Crippen LogP contribution < -0.4 is 23.7 Å². The summed E-state index contributed by atoms with van der Waals surface area (Å²) < 4.78 is 89.2. The molecule has 0 bridgehead atoms. The largest absolute Gasteiger partial charge is 0.493 e. The van der Waals surface area contributed by atoms with E-state index in [0.29, 0.717) is 11.8 Å². The van der Waals surface area contributed by atoms with E-state index < -0.39 is 27.5 Å². The van der Waals surface area contributed by atoms with Crippen molar-refractivity contribution in [3.8, 4) is 28.7 Å². The van der Waals surface area contributed by atoms with Crippen molar-refractivity contribution in [1.82, 2.24) is 0 Å². The Bertz CT molecular complexity index is 1250. The average Bonchev–Trinajstić information content (AvgIpc) is 2.79. The van der Waals surface area contributed by atoms with E-state index in [1.807, 2.05) is 0 Å². The van der Waals surface area contributed by atoms with Crippen LogP contribution in [0, 0.1) is 0 Å². The maximum atomic E-state index is 13.3. The van der Waals surface area contributed by atoms with Crippen LogP contribution in [-0.4, -0.2) is 29.7 Å². The zero-order valence-corrected chi connectivity index (χ0v) is 18.6. The first-order valence-electron chi connectivity index (χ1n) is 9.36. The predicted molar refractivity (Wildman–Crippen MR) is 115 cm³/mol. The minimum Gasteiger partial charge on any atom is -0.493 e. The molecule has 0 aliphatic carbocycles. The summed E-state index contributed by atoms with van der Waals surface area (Å²) in [5.41, 5.74) is -1.47. The molecule has 33 heavy (non-hydrogen) atoms. The van der Waals surface area contributed by atoms with Gasteiger partial charge in [-0.3, -0.25) is 4.72 Å². The van der Waals surface area contributed by atoms with Crippen molar-refractivity contribution < 1.29 is 40.5 Å². The fraction of sp³-hybridized carbons (Fsp3) is 0.182. The third-order valence-electron chi connectivity index (χ3n) is 4.51. The van der Waals surface area contributed by atoms with Gasteiger partial charge in [0.1, 0.15) is 0 Å². The third kappa shape index (κ3) is 5.43. The number of rotatable bonds is 8. The average molecular weight is 483 g/mol. The van der Waals surface area contributed by atoms with E-state index in [9.17, 15) is 21.6 Å². The van der Waals surface area contributed by atoms with Gasteiger partial charge in [0.2, 0.25) is 0 Å². The topological polar surface area (TPSA) is 83.1 Å². The molecule has 0 saturated carbocycles. The molecule has 0 amide bonds. The number of halogens is 3. The van der Waals surface area contributed by atoms with Crippen LogP contribution in [0.15, 0.2) is 65.6 Å².